The van der Waals surface area contributed by atoms with E-state index in [4.69, 9.17) is 11.6 Å². The third-order valence-electron chi connectivity index (χ3n) is 3.90. The van der Waals surface area contributed by atoms with Crippen LogP contribution in [0.2, 0.25) is 5.02 Å². The van der Waals surface area contributed by atoms with Crippen LogP contribution in [0, 0.1) is 5.82 Å². The molecular formula is C19H18ClFN4O. The average Bonchev–Trinajstić information content (AvgIpc) is 3.04. The number of nitrogens with one attached hydrogen (secondary N) is 1. The molecule has 1 N–H and O–H groups in total. The SMILES string of the molecule is CCCn1c(CNC(=O)c2ccccc2Cl)nnc1-c1ccc(F)cc1. The lowest BCUT2D eigenvalue weighted by Gasteiger charge is -2.10. The van der Waals surface area contributed by atoms with Crippen molar-refractivity contribution in [3.8, 4) is 11.4 Å². The fourth-order valence-electron chi connectivity index (χ4n) is 2.64. The smallest absolute Gasteiger partial charge is 0.253 e. The number of rotatable bonds is 6. The van der Waals surface area contributed by atoms with Gasteiger partial charge in [-0.2, -0.15) is 0 Å². The van der Waals surface area contributed by atoms with Crippen molar-refractivity contribution in [2.75, 3.05) is 0 Å². The molecule has 0 atom stereocenters. The average molecular weight is 373 g/mol. The summed E-state index contributed by atoms with van der Waals surface area (Å²) in [6.07, 6.45) is 0.873. The second-order valence-electron chi connectivity index (χ2n) is 5.76. The molecule has 2 aromatic carbocycles. The normalized spacial score (nSPS) is 10.7. The maximum Gasteiger partial charge on any atom is 0.253 e. The Bertz CT molecular complexity index is 908. The minimum atomic E-state index is -0.303. The highest BCUT2D eigenvalue weighted by Gasteiger charge is 2.15. The van der Waals surface area contributed by atoms with Gasteiger partial charge in [-0.25, -0.2) is 4.39 Å². The van der Waals surface area contributed by atoms with Crippen LogP contribution in [-0.2, 0) is 13.1 Å². The number of carbonyl (C=O) groups excluding carboxylic acids is 1. The highest BCUT2D eigenvalue weighted by Crippen LogP contribution is 2.20. The highest BCUT2D eigenvalue weighted by molar-refractivity contribution is 6.33. The fraction of sp³-hybridized carbons (Fsp3) is 0.211. The Kier molecular flexibility index (Phi) is 5.63. The quantitative estimate of drug-likeness (QED) is 0.709. The predicted octanol–water partition coefficient (Wildman–Crippen LogP) is 4.08. The third-order valence-corrected chi connectivity index (χ3v) is 4.23. The van der Waals surface area contributed by atoms with E-state index in [1.807, 2.05) is 11.5 Å². The van der Waals surface area contributed by atoms with Crippen LogP contribution in [0.15, 0.2) is 48.5 Å². The summed E-state index contributed by atoms with van der Waals surface area (Å²) in [7, 11) is 0. The highest BCUT2D eigenvalue weighted by atomic mass is 35.5. The molecule has 0 saturated carbocycles. The first-order valence-corrected chi connectivity index (χ1v) is 8.68. The van der Waals surface area contributed by atoms with Gasteiger partial charge in [-0.15, -0.1) is 10.2 Å². The van der Waals surface area contributed by atoms with Crippen molar-refractivity contribution in [2.45, 2.75) is 26.4 Å². The third kappa shape index (κ3) is 3.91. The summed E-state index contributed by atoms with van der Waals surface area (Å²) in [5.41, 5.74) is 1.19. The number of hydrogen-bond donors (Lipinski definition) is 1. The van der Waals surface area contributed by atoms with Crippen molar-refractivity contribution in [3.63, 3.8) is 0 Å². The number of amides is 1. The van der Waals surface area contributed by atoms with E-state index in [1.54, 1.807) is 36.4 Å². The fourth-order valence-corrected chi connectivity index (χ4v) is 2.86. The monoisotopic (exact) mass is 372 g/mol. The Morgan fingerprint density at radius 3 is 2.58 bits per heavy atom. The number of carbonyl (C=O) groups is 1. The van der Waals surface area contributed by atoms with Gasteiger partial charge >= 0.3 is 0 Å². The molecule has 5 nitrogen and oxygen atoms in total. The van der Waals surface area contributed by atoms with Crippen LogP contribution in [0.3, 0.4) is 0 Å². The Hall–Kier alpha value is -2.73. The van der Waals surface area contributed by atoms with E-state index in [-0.39, 0.29) is 18.3 Å². The molecule has 0 bridgehead atoms. The van der Waals surface area contributed by atoms with E-state index < -0.39 is 0 Å². The van der Waals surface area contributed by atoms with Crippen LogP contribution < -0.4 is 5.32 Å². The molecule has 0 aliphatic rings. The van der Waals surface area contributed by atoms with Crippen molar-refractivity contribution < 1.29 is 9.18 Å². The van der Waals surface area contributed by atoms with Gasteiger partial charge in [-0.05, 0) is 42.8 Å². The van der Waals surface area contributed by atoms with Gasteiger partial charge in [-0.3, -0.25) is 4.79 Å². The summed E-state index contributed by atoms with van der Waals surface area (Å²) < 4.78 is 15.1. The summed E-state index contributed by atoms with van der Waals surface area (Å²) in [5, 5.41) is 11.6. The molecule has 0 aliphatic carbocycles. The van der Waals surface area contributed by atoms with Crippen molar-refractivity contribution in [1.29, 1.82) is 0 Å². The second-order valence-corrected chi connectivity index (χ2v) is 6.17. The van der Waals surface area contributed by atoms with Crippen LogP contribution in [0.25, 0.3) is 11.4 Å². The van der Waals surface area contributed by atoms with Crippen molar-refractivity contribution in [1.82, 2.24) is 20.1 Å². The lowest BCUT2D eigenvalue weighted by molar-refractivity contribution is 0.0949. The summed E-state index contributed by atoms with van der Waals surface area (Å²) in [4.78, 5) is 12.3. The summed E-state index contributed by atoms with van der Waals surface area (Å²) in [5.74, 6) is 0.702. The molecule has 0 spiro atoms. The minimum Gasteiger partial charge on any atom is -0.345 e. The van der Waals surface area contributed by atoms with Gasteiger partial charge in [0.2, 0.25) is 0 Å². The molecule has 1 amide bonds. The van der Waals surface area contributed by atoms with Crippen LogP contribution >= 0.6 is 11.6 Å². The molecule has 0 radical (unpaired) electrons. The number of benzene rings is 2. The molecule has 7 heteroatoms. The number of nitrogens with zero attached hydrogens (tertiary/aromatic N) is 3. The van der Waals surface area contributed by atoms with E-state index in [0.717, 1.165) is 12.0 Å². The first kappa shape index (κ1) is 18.1. The molecule has 0 saturated heterocycles. The van der Waals surface area contributed by atoms with E-state index in [9.17, 15) is 9.18 Å². The van der Waals surface area contributed by atoms with Gasteiger partial charge in [0.25, 0.3) is 5.91 Å². The molecule has 3 rings (SSSR count). The number of halogens is 2. The van der Waals surface area contributed by atoms with Gasteiger partial charge < -0.3 is 9.88 Å². The van der Waals surface area contributed by atoms with Crippen LogP contribution in [-0.4, -0.2) is 20.7 Å². The summed E-state index contributed by atoms with van der Waals surface area (Å²) >= 11 is 6.05. The van der Waals surface area contributed by atoms with Gasteiger partial charge in [0.05, 0.1) is 17.1 Å². The van der Waals surface area contributed by atoms with Gasteiger partial charge in [0.15, 0.2) is 11.6 Å². The number of hydrogen-bond acceptors (Lipinski definition) is 3. The molecular weight excluding hydrogens is 355 g/mol. The lowest BCUT2D eigenvalue weighted by Crippen LogP contribution is -2.25. The molecule has 26 heavy (non-hydrogen) atoms. The Morgan fingerprint density at radius 2 is 1.88 bits per heavy atom. The van der Waals surface area contributed by atoms with E-state index in [2.05, 4.69) is 15.5 Å². The van der Waals surface area contributed by atoms with E-state index >= 15 is 0 Å². The Morgan fingerprint density at radius 1 is 1.15 bits per heavy atom. The molecule has 1 aromatic heterocycles. The topological polar surface area (TPSA) is 59.8 Å². The van der Waals surface area contributed by atoms with Crippen LogP contribution in [0.4, 0.5) is 4.39 Å². The zero-order chi connectivity index (χ0) is 18.5. The standard InChI is InChI=1S/C19H18ClFN4O/c1-2-11-25-17(12-22-19(26)15-5-3-4-6-16(15)20)23-24-18(25)13-7-9-14(21)10-8-13/h3-10H,2,11-12H2,1H3,(H,22,26). The van der Waals surface area contributed by atoms with Crippen molar-refractivity contribution in [2.24, 2.45) is 0 Å². The van der Waals surface area contributed by atoms with Crippen LogP contribution in [0.1, 0.15) is 29.5 Å². The molecule has 134 valence electrons. The van der Waals surface area contributed by atoms with Gasteiger partial charge in [0, 0.05) is 12.1 Å². The van der Waals surface area contributed by atoms with E-state index in [0.29, 0.717) is 28.8 Å². The Labute approximate surface area is 155 Å². The summed E-state index contributed by atoms with van der Waals surface area (Å²) in [6, 6.07) is 13.0. The molecule has 0 unspecified atom stereocenters. The first-order chi connectivity index (χ1) is 12.6. The second kappa shape index (κ2) is 8.10. The van der Waals surface area contributed by atoms with Crippen molar-refractivity contribution in [3.05, 3.63) is 70.8 Å². The van der Waals surface area contributed by atoms with Gasteiger partial charge in [0.1, 0.15) is 5.82 Å². The molecule has 0 aliphatic heterocycles. The van der Waals surface area contributed by atoms with E-state index in [1.165, 1.54) is 12.1 Å². The largest absolute Gasteiger partial charge is 0.345 e. The zero-order valence-electron chi connectivity index (χ0n) is 14.2. The van der Waals surface area contributed by atoms with Gasteiger partial charge in [-0.1, -0.05) is 30.7 Å². The predicted molar refractivity (Wildman–Crippen MR) is 98.3 cm³/mol. The number of aromatic nitrogens is 3. The summed E-state index contributed by atoms with van der Waals surface area (Å²) in [6.45, 7) is 2.95. The first-order valence-electron chi connectivity index (χ1n) is 8.31. The van der Waals surface area contributed by atoms with Crippen LogP contribution in [0.5, 0.6) is 0 Å². The minimum absolute atomic E-state index is 0.220. The Balaban J connectivity index is 1.81. The zero-order valence-corrected chi connectivity index (χ0v) is 15.0. The maximum atomic E-state index is 13.2. The lowest BCUT2D eigenvalue weighted by atomic mass is 10.2. The molecule has 0 fully saturated rings. The maximum absolute atomic E-state index is 13.2. The van der Waals surface area contributed by atoms with Crippen molar-refractivity contribution >= 4 is 17.5 Å². The molecule has 3 aromatic rings. The molecule has 1 heterocycles.